The summed E-state index contributed by atoms with van der Waals surface area (Å²) >= 11 is 0. The van der Waals surface area contributed by atoms with Crippen LogP contribution < -0.4 is 14.8 Å². The summed E-state index contributed by atoms with van der Waals surface area (Å²) in [6.07, 6.45) is -0.0396. The maximum absolute atomic E-state index is 13.5. The monoisotopic (exact) mass is 529 g/mol. The molecule has 1 saturated carbocycles. The van der Waals surface area contributed by atoms with Gasteiger partial charge in [-0.15, -0.1) is 13.2 Å². The van der Waals surface area contributed by atoms with Crippen LogP contribution in [0.5, 0.6) is 11.5 Å². The van der Waals surface area contributed by atoms with Crippen molar-refractivity contribution in [3.8, 4) is 11.5 Å². The van der Waals surface area contributed by atoms with Crippen molar-refractivity contribution in [1.29, 1.82) is 0 Å². The van der Waals surface area contributed by atoms with Gasteiger partial charge < -0.3 is 19.5 Å². The second-order valence-corrected chi connectivity index (χ2v) is 9.52. The fourth-order valence-corrected chi connectivity index (χ4v) is 4.87. The van der Waals surface area contributed by atoms with Crippen LogP contribution in [0.2, 0.25) is 0 Å². The van der Waals surface area contributed by atoms with Crippen LogP contribution in [0.25, 0.3) is 10.8 Å². The number of carbonyl (C=O) groups is 2. The number of aryl methyl sites for hydroxylation is 1. The van der Waals surface area contributed by atoms with Gasteiger partial charge in [0.25, 0.3) is 5.91 Å². The van der Waals surface area contributed by atoms with Crippen molar-refractivity contribution in [2.75, 3.05) is 7.11 Å². The lowest BCUT2D eigenvalue weighted by Gasteiger charge is -2.29. The number of amides is 1. The van der Waals surface area contributed by atoms with Gasteiger partial charge in [0.2, 0.25) is 0 Å². The molecule has 38 heavy (non-hydrogen) atoms. The van der Waals surface area contributed by atoms with Crippen molar-refractivity contribution >= 4 is 22.6 Å². The fraction of sp³-hybridized carbons (Fsp3) is 0.379. The van der Waals surface area contributed by atoms with E-state index >= 15 is 0 Å². The third-order valence-electron chi connectivity index (χ3n) is 6.78. The lowest BCUT2D eigenvalue weighted by atomic mass is 9.83. The third-order valence-corrected chi connectivity index (χ3v) is 6.78. The number of hydrogen-bond donors (Lipinski definition) is 1. The topological polar surface area (TPSA) is 73.9 Å². The highest BCUT2D eigenvalue weighted by molar-refractivity contribution is 6.05. The quantitative estimate of drug-likeness (QED) is 0.338. The molecule has 202 valence electrons. The number of alkyl halides is 3. The van der Waals surface area contributed by atoms with Crippen molar-refractivity contribution in [2.24, 2.45) is 5.92 Å². The average molecular weight is 530 g/mol. The van der Waals surface area contributed by atoms with E-state index in [1.54, 1.807) is 6.07 Å². The zero-order valence-corrected chi connectivity index (χ0v) is 21.3. The Hall–Kier alpha value is -3.75. The van der Waals surface area contributed by atoms with Crippen molar-refractivity contribution in [1.82, 2.24) is 5.32 Å². The molecule has 1 aliphatic carbocycles. The molecule has 6 nitrogen and oxygen atoms in total. The van der Waals surface area contributed by atoms with Gasteiger partial charge in [0.05, 0.1) is 12.7 Å². The summed E-state index contributed by atoms with van der Waals surface area (Å²) in [6, 6.07) is 13.8. The van der Waals surface area contributed by atoms with Crippen LogP contribution in [-0.2, 0) is 16.1 Å². The summed E-state index contributed by atoms with van der Waals surface area (Å²) in [7, 11) is 1.31. The van der Waals surface area contributed by atoms with Crippen LogP contribution in [0.4, 0.5) is 13.2 Å². The van der Waals surface area contributed by atoms with Gasteiger partial charge in [-0.05, 0) is 60.9 Å². The maximum Gasteiger partial charge on any atom is 0.573 e. The summed E-state index contributed by atoms with van der Waals surface area (Å²) in [4.78, 5) is 26.1. The predicted octanol–water partition coefficient (Wildman–Crippen LogP) is 6.48. The molecule has 3 aromatic rings. The van der Waals surface area contributed by atoms with E-state index in [1.807, 2.05) is 31.2 Å². The molecule has 0 heterocycles. The highest BCUT2D eigenvalue weighted by atomic mass is 19.4. The van der Waals surface area contributed by atoms with E-state index in [4.69, 9.17) is 9.47 Å². The largest absolute Gasteiger partial charge is 0.573 e. The highest BCUT2D eigenvalue weighted by Gasteiger charge is 2.33. The number of hydrogen-bond acceptors (Lipinski definition) is 5. The molecular weight excluding hydrogens is 499 g/mol. The minimum atomic E-state index is -4.78. The number of benzene rings is 3. The van der Waals surface area contributed by atoms with Crippen LogP contribution in [0.15, 0.2) is 54.6 Å². The van der Waals surface area contributed by atoms with Crippen molar-refractivity contribution in [3.63, 3.8) is 0 Å². The van der Waals surface area contributed by atoms with Gasteiger partial charge in [-0.1, -0.05) is 55.2 Å². The van der Waals surface area contributed by atoms with Crippen molar-refractivity contribution < 1.29 is 37.0 Å². The molecule has 9 heteroatoms. The van der Waals surface area contributed by atoms with E-state index in [9.17, 15) is 22.8 Å². The Bertz CT molecular complexity index is 1280. The summed E-state index contributed by atoms with van der Waals surface area (Å²) < 4.78 is 52.5. The maximum atomic E-state index is 13.5. The molecule has 0 aliphatic heterocycles. The lowest BCUT2D eigenvalue weighted by Crippen LogP contribution is -2.47. The third kappa shape index (κ3) is 6.76. The first kappa shape index (κ1) is 27.3. The van der Waals surface area contributed by atoms with E-state index in [-0.39, 0.29) is 23.8 Å². The number of halogens is 3. The summed E-state index contributed by atoms with van der Waals surface area (Å²) in [5, 5.41) is 4.45. The molecule has 3 aromatic carbocycles. The molecule has 1 unspecified atom stereocenters. The van der Waals surface area contributed by atoms with Crippen LogP contribution >= 0.6 is 0 Å². The van der Waals surface area contributed by atoms with E-state index < -0.39 is 24.3 Å². The SMILES string of the molecule is COC(=O)C(NC(=O)c1ccc2ccc(C)cc2c1OCc1ccc(OC(F)(F)F)cc1)C1CCCCC1. The Balaban J connectivity index is 1.61. The molecule has 1 amide bonds. The minimum absolute atomic E-state index is 0.00267. The first-order valence-corrected chi connectivity index (χ1v) is 12.5. The molecule has 0 saturated heterocycles. The van der Waals surface area contributed by atoms with Gasteiger partial charge in [-0.3, -0.25) is 4.79 Å². The number of fused-ring (bicyclic) bond motifs is 1. The first-order chi connectivity index (χ1) is 18.1. The molecule has 0 radical (unpaired) electrons. The second-order valence-electron chi connectivity index (χ2n) is 9.52. The summed E-state index contributed by atoms with van der Waals surface area (Å²) in [5.41, 5.74) is 1.80. The molecule has 1 N–H and O–H groups in total. The minimum Gasteiger partial charge on any atom is -0.487 e. The number of methoxy groups -OCH3 is 1. The summed E-state index contributed by atoms with van der Waals surface area (Å²) in [6.45, 7) is 1.92. The number of ether oxygens (including phenoxy) is 3. The normalized spacial score (nSPS) is 15.1. The van der Waals surface area contributed by atoms with Crippen molar-refractivity contribution in [2.45, 2.75) is 58.0 Å². The Labute approximate surface area is 219 Å². The van der Waals surface area contributed by atoms with Crippen LogP contribution in [0, 0.1) is 12.8 Å². The number of rotatable bonds is 8. The molecule has 1 fully saturated rings. The van der Waals surface area contributed by atoms with Gasteiger partial charge >= 0.3 is 12.3 Å². The van der Waals surface area contributed by atoms with E-state index in [0.717, 1.165) is 43.1 Å². The summed E-state index contributed by atoms with van der Waals surface area (Å²) in [5.74, 6) is -0.960. The number of nitrogens with one attached hydrogen (secondary N) is 1. The van der Waals surface area contributed by atoms with Gasteiger partial charge in [-0.2, -0.15) is 0 Å². The van der Waals surface area contributed by atoms with Crippen LogP contribution in [-0.4, -0.2) is 31.4 Å². The average Bonchev–Trinajstić information content (AvgIpc) is 2.90. The number of carbonyl (C=O) groups excluding carboxylic acids is 2. The van der Waals surface area contributed by atoms with Crippen LogP contribution in [0.1, 0.15) is 53.6 Å². The Morgan fingerprint density at radius 3 is 2.34 bits per heavy atom. The van der Waals surface area contributed by atoms with Gasteiger partial charge in [0, 0.05) is 5.39 Å². The highest BCUT2D eigenvalue weighted by Crippen LogP contribution is 2.33. The zero-order chi connectivity index (χ0) is 27.3. The van der Waals surface area contributed by atoms with E-state index in [0.29, 0.717) is 16.7 Å². The molecule has 1 aliphatic rings. The number of esters is 1. The Morgan fingerprint density at radius 2 is 1.68 bits per heavy atom. The zero-order valence-electron chi connectivity index (χ0n) is 21.3. The van der Waals surface area contributed by atoms with Gasteiger partial charge in [-0.25, -0.2) is 4.79 Å². The van der Waals surface area contributed by atoms with E-state index in [2.05, 4.69) is 10.1 Å². The molecule has 1 atom stereocenters. The fourth-order valence-electron chi connectivity index (χ4n) is 4.87. The van der Waals surface area contributed by atoms with Gasteiger partial charge in [0.15, 0.2) is 0 Å². The lowest BCUT2D eigenvalue weighted by molar-refractivity contribution is -0.274. The van der Waals surface area contributed by atoms with Crippen LogP contribution in [0.3, 0.4) is 0 Å². The molecule has 0 spiro atoms. The van der Waals surface area contributed by atoms with E-state index in [1.165, 1.54) is 31.4 Å². The Kier molecular flexibility index (Phi) is 8.44. The standard InChI is InChI=1S/C29H30F3NO5/c1-18-8-11-20-12-15-23(27(34)33-25(28(35)36-2)21-6-4-3-5-7-21)26(24(20)16-18)37-17-19-9-13-22(14-10-19)38-29(30,31)32/h8-16,21,25H,3-7,17H2,1-2H3,(H,33,34). The van der Waals surface area contributed by atoms with Crippen molar-refractivity contribution in [3.05, 3.63) is 71.3 Å². The second kappa shape index (κ2) is 11.8. The Morgan fingerprint density at radius 1 is 1.00 bits per heavy atom. The molecular formula is C29H30F3NO5. The molecule has 4 rings (SSSR count). The molecule has 0 aromatic heterocycles. The first-order valence-electron chi connectivity index (χ1n) is 12.5. The smallest absolute Gasteiger partial charge is 0.487 e. The van der Waals surface area contributed by atoms with Gasteiger partial charge in [0.1, 0.15) is 24.1 Å². The predicted molar refractivity (Wildman–Crippen MR) is 136 cm³/mol. The molecule has 0 bridgehead atoms.